The minimum absolute atomic E-state index is 0.0399. The molecule has 0 atom stereocenters. The number of carbonyl (C=O) groups excluding carboxylic acids is 1. The Labute approximate surface area is 174 Å². The van der Waals surface area contributed by atoms with Crippen LogP contribution in [0.25, 0.3) is 0 Å². The molecular formula is C22H24FN5O2. The molecule has 1 amide bonds. The Balaban J connectivity index is 1.55. The van der Waals surface area contributed by atoms with Gasteiger partial charge in [0, 0.05) is 19.9 Å². The zero-order valence-corrected chi connectivity index (χ0v) is 16.7. The summed E-state index contributed by atoms with van der Waals surface area (Å²) in [6.07, 6.45) is 4.04. The highest BCUT2D eigenvalue weighted by Crippen LogP contribution is 2.11. The van der Waals surface area contributed by atoms with Crippen molar-refractivity contribution in [3.8, 4) is 0 Å². The van der Waals surface area contributed by atoms with Crippen LogP contribution in [0.3, 0.4) is 0 Å². The molecule has 0 saturated heterocycles. The van der Waals surface area contributed by atoms with E-state index < -0.39 is 5.82 Å². The molecular weight excluding hydrogens is 385 g/mol. The van der Waals surface area contributed by atoms with Crippen molar-refractivity contribution in [2.24, 2.45) is 5.73 Å². The smallest absolute Gasteiger partial charge is 0.254 e. The minimum Gasteiger partial charge on any atom is -0.384 e. The van der Waals surface area contributed by atoms with E-state index in [1.807, 2.05) is 12.1 Å². The molecule has 7 nitrogen and oxygen atoms in total. The van der Waals surface area contributed by atoms with E-state index in [9.17, 15) is 9.18 Å². The van der Waals surface area contributed by atoms with Gasteiger partial charge in [0.2, 0.25) is 0 Å². The molecule has 1 aromatic heterocycles. The Morgan fingerprint density at radius 3 is 2.57 bits per heavy atom. The Morgan fingerprint density at radius 2 is 1.90 bits per heavy atom. The molecule has 0 fully saturated rings. The quantitative estimate of drug-likeness (QED) is 0.373. The van der Waals surface area contributed by atoms with Crippen molar-refractivity contribution in [3.63, 3.8) is 0 Å². The van der Waals surface area contributed by atoms with Crippen molar-refractivity contribution >= 4 is 11.7 Å². The van der Waals surface area contributed by atoms with Crippen LogP contribution < -0.4 is 11.1 Å². The lowest BCUT2D eigenvalue weighted by atomic mass is 10.1. The van der Waals surface area contributed by atoms with E-state index in [1.165, 1.54) is 23.9 Å². The van der Waals surface area contributed by atoms with Crippen LogP contribution in [0, 0.1) is 11.2 Å². The molecule has 156 valence electrons. The van der Waals surface area contributed by atoms with Crippen LogP contribution in [0.4, 0.5) is 4.39 Å². The fourth-order valence-corrected chi connectivity index (χ4v) is 2.96. The Bertz CT molecular complexity index is 1030. The highest BCUT2D eigenvalue weighted by Gasteiger charge is 2.10. The summed E-state index contributed by atoms with van der Waals surface area (Å²) in [4.78, 5) is 12.4. The van der Waals surface area contributed by atoms with E-state index >= 15 is 0 Å². The highest BCUT2D eigenvalue weighted by atomic mass is 19.1. The Morgan fingerprint density at radius 1 is 1.20 bits per heavy atom. The number of hydrogen-bond donors (Lipinski definition) is 3. The molecule has 8 heteroatoms. The van der Waals surface area contributed by atoms with Gasteiger partial charge in [0.25, 0.3) is 5.91 Å². The zero-order valence-electron chi connectivity index (χ0n) is 16.7. The summed E-state index contributed by atoms with van der Waals surface area (Å²) < 4.78 is 20.7. The molecule has 0 bridgehead atoms. The average Bonchev–Trinajstić information content (AvgIpc) is 3.20. The number of hydrogen-bond acceptors (Lipinski definition) is 4. The molecule has 3 aromatic rings. The number of ether oxygens (including phenoxy) is 1. The topological polar surface area (TPSA) is 106 Å². The number of amidine groups is 1. The third-order valence-corrected chi connectivity index (χ3v) is 4.63. The second-order valence-corrected chi connectivity index (χ2v) is 6.90. The first-order chi connectivity index (χ1) is 14.5. The van der Waals surface area contributed by atoms with Crippen LogP contribution in [0.5, 0.6) is 0 Å². The summed E-state index contributed by atoms with van der Waals surface area (Å²) in [5.41, 5.74) is 8.62. The maximum Gasteiger partial charge on any atom is 0.254 e. The lowest BCUT2D eigenvalue weighted by Gasteiger charge is -2.06. The van der Waals surface area contributed by atoms with Crippen molar-refractivity contribution in [2.45, 2.75) is 19.5 Å². The summed E-state index contributed by atoms with van der Waals surface area (Å²) in [5, 5.41) is 14.3. The Hall–Kier alpha value is -3.52. The first-order valence-electron chi connectivity index (χ1n) is 9.46. The lowest BCUT2D eigenvalue weighted by Crippen LogP contribution is -2.22. The van der Waals surface area contributed by atoms with Crippen LogP contribution in [-0.2, 0) is 24.2 Å². The van der Waals surface area contributed by atoms with Crippen molar-refractivity contribution in [2.75, 3.05) is 13.7 Å². The third kappa shape index (κ3) is 5.51. The zero-order chi connectivity index (χ0) is 21.5. The maximum absolute atomic E-state index is 13.9. The minimum atomic E-state index is -0.588. The molecule has 3 rings (SSSR count). The Kier molecular flexibility index (Phi) is 6.92. The number of nitrogens with one attached hydrogen (secondary N) is 2. The standard InChI is InChI=1S/C22H24FN5O2/c1-30-9-8-15-2-4-16(5-3-15)13-28-14-18(12-27-28)22(29)26-11-17-6-7-19(21(24)25)20(23)10-17/h2-7,10,12,14H,8-9,11,13H2,1H3,(H3,24,25)(H,26,29). The summed E-state index contributed by atoms with van der Waals surface area (Å²) >= 11 is 0. The first-order valence-corrected chi connectivity index (χ1v) is 9.46. The number of amides is 1. The van der Waals surface area contributed by atoms with E-state index in [4.69, 9.17) is 15.9 Å². The van der Waals surface area contributed by atoms with E-state index in [0.717, 1.165) is 12.0 Å². The fraction of sp³-hybridized carbons (Fsp3) is 0.227. The summed E-state index contributed by atoms with van der Waals surface area (Å²) in [6, 6.07) is 12.5. The van der Waals surface area contributed by atoms with Gasteiger partial charge in [-0.05, 0) is 35.2 Å². The van der Waals surface area contributed by atoms with Gasteiger partial charge in [-0.3, -0.25) is 14.9 Å². The number of nitrogens with two attached hydrogens (primary N) is 1. The number of benzene rings is 2. The number of nitrogens with zero attached hydrogens (tertiary/aromatic N) is 2. The van der Waals surface area contributed by atoms with Gasteiger partial charge >= 0.3 is 0 Å². The summed E-state index contributed by atoms with van der Waals surface area (Å²) in [5.74, 6) is -1.22. The van der Waals surface area contributed by atoms with Crippen molar-refractivity contribution < 1.29 is 13.9 Å². The molecule has 0 saturated carbocycles. The van der Waals surface area contributed by atoms with Gasteiger partial charge in [-0.25, -0.2) is 4.39 Å². The first kappa shape index (κ1) is 21.2. The molecule has 30 heavy (non-hydrogen) atoms. The van der Waals surface area contributed by atoms with E-state index in [2.05, 4.69) is 22.5 Å². The molecule has 0 aliphatic rings. The van der Waals surface area contributed by atoms with Crippen LogP contribution in [0.2, 0.25) is 0 Å². The van der Waals surface area contributed by atoms with Crippen LogP contribution in [0.1, 0.15) is 32.6 Å². The molecule has 2 aromatic carbocycles. The molecule has 0 unspecified atom stereocenters. The predicted octanol–water partition coefficient (Wildman–Crippen LogP) is 2.47. The van der Waals surface area contributed by atoms with Gasteiger partial charge in [-0.2, -0.15) is 5.10 Å². The maximum atomic E-state index is 13.9. The van der Waals surface area contributed by atoms with Gasteiger partial charge < -0.3 is 15.8 Å². The van der Waals surface area contributed by atoms with E-state index in [0.29, 0.717) is 24.3 Å². The molecule has 1 heterocycles. The largest absolute Gasteiger partial charge is 0.384 e. The molecule has 0 radical (unpaired) electrons. The molecule has 4 N–H and O–H groups in total. The second-order valence-electron chi connectivity index (χ2n) is 6.90. The third-order valence-electron chi connectivity index (χ3n) is 4.63. The number of rotatable bonds is 9. The number of halogens is 1. The highest BCUT2D eigenvalue weighted by molar-refractivity contribution is 5.95. The second kappa shape index (κ2) is 9.80. The number of aromatic nitrogens is 2. The molecule has 0 spiro atoms. The van der Waals surface area contributed by atoms with Gasteiger partial charge in [-0.15, -0.1) is 0 Å². The number of methoxy groups -OCH3 is 1. The normalized spacial score (nSPS) is 10.7. The summed E-state index contributed by atoms with van der Waals surface area (Å²) in [7, 11) is 1.68. The lowest BCUT2D eigenvalue weighted by molar-refractivity contribution is 0.0950. The fourth-order valence-electron chi connectivity index (χ4n) is 2.96. The van der Waals surface area contributed by atoms with Crippen molar-refractivity contribution in [1.29, 1.82) is 5.41 Å². The van der Waals surface area contributed by atoms with Crippen LogP contribution in [-0.4, -0.2) is 35.2 Å². The van der Waals surface area contributed by atoms with Crippen molar-refractivity contribution in [1.82, 2.24) is 15.1 Å². The van der Waals surface area contributed by atoms with Gasteiger partial charge in [-0.1, -0.05) is 30.3 Å². The van der Waals surface area contributed by atoms with Gasteiger partial charge in [0.1, 0.15) is 11.7 Å². The number of nitrogen functional groups attached to an aromatic ring is 1. The van der Waals surface area contributed by atoms with Crippen molar-refractivity contribution in [3.05, 3.63) is 88.5 Å². The van der Waals surface area contributed by atoms with Crippen LogP contribution in [0.15, 0.2) is 54.9 Å². The molecule has 0 aliphatic heterocycles. The van der Waals surface area contributed by atoms with E-state index in [1.54, 1.807) is 24.1 Å². The average molecular weight is 409 g/mol. The van der Waals surface area contributed by atoms with Gasteiger partial charge in [0.05, 0.1) is 30.5 Å². The molecule has 0 aliphatic carbocycles. The monoisotopic (exact) mass is 409 g/mol. The van der Waals surface area contributed by atoms with Gasteiger partial charge in [0.15, 0.2) is 0 Å². The van der Waals surface area contributed by atoms with E-state index in [-0.39, 0.29) is 23.9 Å². The summed E-state index contributed by atoms with van der Waals surface area (Å²) in [6.45, 7) is 1.39. The predicted molar refractivity (Wildman–Crippen MR) is 112 cm³/mol. The SMILES string of the molecule is COCCc1ccc(Cn2cc(C(=O)NCc3ccc(C(=N)N)c(F)c3)cn2)cc1. The number of carbonyl (C=O) groups is 1. The van der Waals surface area contributed by atoms with Crippen LogP contribution >= 0.6 is 0 Å².